The molecule has 1 aromatic rings. The highest BCUT2D eigenvalue weighted by molar-refractivity contribution is 5.98. The van der Waals surface area contributed by atoms with Crippen LogP contribution >= 0.6 is 0 Å². The molecule has 2 unspecified atom stereocenters. The molecule has 6 heteroatoms. The molecule has 3 rings (SSSR count). The maximum atomic E-state index is 13.1. The maximum absolute atomic E-state index is 13.1. The number of rotatable bonds is 3. The van der Waals surface area contributed by atoms with Crippen LogP contribution in [0.3, 0.4) is 0 Å². The summed E-state index contributed by atoms with van der Waals surface area (Å²) in [6.45, 7) is 6.52. The Hall–Kier alpha value is -2.08. The summed E-state index contributed by atoms with van der Waals surface area (Å²) in [4.78, 5) is 30.0. The van der Waals surface area contributed by atoms with Crippen LogP contribution in [-0.4, -0.2) is 54.0 Å². The van der Waals surface area contributed by atoms with Crippen LogP contribution in [-0.2, 0) is 11.3 Å². The number of benzene rings is 1. The molecule has 0 saturated carbocycles. The molecule has 2 aliphatic rings. The molecular weight excluding hydrogens is 328 g/mol. The van der Waals surface area contributed by atoms with Crippen molar-refractivity contribution in [2.24, 2.45) is 5.92 Å². The van der Waals surface area contributed by atoms with Crippen LogP contribution in [0.2, 0.25) is 0 Å². The number of piperidine rings is 1. The Labute approximate surface area is 155 Å². The van der Waals surface area contributed by atoms with Gasteiger partial charge in [0.15, 0.2) is 0 Å². The van der Waals surface area contributed by atoms with Crippen molar-refractivity contribution >= 4 is 17.6 Å². The van der Waals surface area contributed by atoms with E-state index < -0.39 is 6.04 Å². The fraction of sp³-hybridized carbons (Fsp3) is 0.600. The van der Waals surface area contributed by atoms with Gasteiger partial charge in [0.1, 0.15) is 6.04 Å². The first kappa shape index (κ1) is 18.7. The van der Waals surface area contributed by atoms with Crippen molar-refractivity contribution in [3.05, 3.63) is 29.8 Å². The Morgan fingerprint density at radius 3 is 2.69 bits per heavy atom. The van der Waals surface area contributed by atoms with Crippen LogP contribution < -0.4 is 10.6 Å². The van der Waals surface area contributed by atoms with Gasteiger partial charge in [-0.1, -0.05) is 38.5 Å². The van der Waals surface area contributed by atoms with E-state index in [1.54, 1.807) is 4.90 Å². The Morgan fingerprint density at radius 1 is 1.31 bits per heavy atom. The van der Waals surface area contributed by atoms with Gasteiger partial charge in [0.05, 0.1) is 6.54 Å². The number of carbonyl (C=O) groups excluding carboxylic acids is 2. The molecule has 0 spiro atoms. The van der Waals surface area contributed by atoms with Crippen LogP contribution in [0.15, 0.2) is 24.3 Å². The molecule has 3 amide bonds. The summed E-state index contributed by atoms with van der Waals surface area (Å²) in [6, 6.07) is 7.32. The van der Waals surface area contributed by atoms with E-state index in [2.05, 4.69) is 29.5 Å². The van der Waals surface area contributed by atoms with E-state index in [9.17, 15) is 9.59 Å². The third-order valence-electron chi connectivity index (χ3n) is 5.71. The standard InChI is InChI=1S/C20H30N4O2/c1-4-14(2)18-19(25)22-17-8-6-5-7-15(17)13-24(18)20(26)21-16-9-11-23(3)12-10-16/h5-8,14,16,18H,4,9-13H2,1-3H3,(H,21,26)(H,22,25). The lowest BCUT2D eigenvalue weighted by atomic mass is 9.97. The van der Waals surface area contributed by atoms with Crippen LogP contribution in [0.5, 0.6) is 0 Å². The highest BCUT2D eigenvalue weighted by atomic mass is 16.2. The van der Waals surface area contributed by atoms with E-state index in [-0.39, 0.29) is 23.9 Å². The minimum absolute atomic E-state index is 0.0903. The molecule has 2 atom stereocenters. The van der Waals surface area contributed by atoms with Gasteiger partial charge in [0.25, 0.3) is 0 Å². The van der Waals surface area contributed by atoms with Gasteiger partial charge in [0.2, 0.25) is 5.91 Å². The fourth-order valence-electron chi connectivity index (χ4n) is 3.81. The summed E-state index contributed by atoms with van der Waals surface area (Å²) >= 11 is 0. The number of nitrogens with zero attached hydrogens (tertiary/aromatic N) is 2. The van der Waals surface area contributed by atoms with E-state index in [4.69, 9.17) is 0 Å². The van der Waals surface area contributed by atoms with E-state index in [0.717, 1.165) is 43.6 Å². The second-order valence-electron chi connectivity index (χ2n) is 7.63. The average Bonchev–Trinajstić information content (AvgIpc) is 2.78. The first-order chi connectivity index (χ1) is 12.5. The summed E-state index contributed by atoms with van der Waals surface area (Å²) in [5.74, 6) is -0.00428. The predicted molar refractivity (Wildman–Crippen MR) is 103 cm³/mol. The third kappa shape index (κ3) is 4.01. The molecule has 142 valence electrons. The molecule has 1 saturated heterocycles. The normalized spacial score (nSPS) is 23.0. The number of fused-ring (bicyclic) bond motifs is 1. The Kier molecular flexibility index (Phi) is 5.81. The second kappa shape index (κ2) is 8.08. The zero-order chi connectivity index (χ0) is 18.7. The number of amides is 3. The van der Waals surface area contributed by atoms with Gasteiger partial charge in [-0.2, -0.15) is 0 Å². The number of hydrogen-bond acceptors (Lipinski definition) is 3. The number of para-hydroxylation sites is 1. The second-order valence-corrected chi connectivity index (χ2v) is 7.63. The third-order valence-corrected chi connectivity index (χ3v) is 5.71. The molecular formula is C20H30N4O2. The molecule has 26 heavy (non-hydrogen) atoms. The maximum Gasteiger partial charge on any atom is 0.318 e. The fourth-order valence-corrected chi connectivity index (χ4v) is 3.81. The molecule has 6 nitrogen and oxygen atoms in total. The predicted octanol–water partition coefficient (Wildman–Crippen LogP) is 2.66. The van der Waals surface area contributed by atoms with Crippen LogP contribution in [0.1, 0.15) is 38.7 Å². The van der Waals surface area contributed by atoms with Crippen molar-refractivity contribution in [2.75, 3.05) is 25.5 Å². The van der Waals surface area contributed by atoms with Gasteiger partial charge < -0.3 is 20.4 Å². The van der Waals surface area contributed by atoms with Crippen molar-refractivity contribution in [1.82, 2.24) is 15.1 Å². The number of anilines is 1. The summed E-state index contributed by atoms with van der Waals surface area (Å²) < 4.78 is 0. The van der Waals surface area contributed by atoms with Gasteiger partial charge in [0, 0.05) is 11.7 Å². The van der Waals surface area contributed by atoms with Gasteiger partial charge in [-0.3, -0.25) is 4.79 Å². The molecule has 0 aromatic heterocycles. The largest absolute Gasteiger partial charge is 0.335 e. The van der Waals surface area contributed by atoms with Crippen molar-refractivity contribution in [3.8, 4) is 0 Å². The summed E-state index contributed by atoms with van der Waals surface area (Å²) in [7, 11) is 2.10. The molecule has 2 heterocycles. The minimum Gasteiger partial charge on any atom is -0.335 e. The zero-order valence-electron chi connectivity index (χ0n) is 16.0. The lowest BCUT2D eigenvalue weighted by Gasteiger charge is -2.35. The van der Waals surface area contributed by atoms with Crippen molar-refractivity contribution in [3.63, 3.8) is 0 Å². The number of urea groups is 1. The van der Waals surface area contributed by atoms with Gasteiger partial charge in [-0.05, 0) is 50.5 Å². The molecule has 2 aliphatic heterocycles. The molecule has 1 fully saturated rings. The number of carbonyl (C=O) groups is 2. The van der Waals surface area contributed by atoms with Crippen molar-refractivity contribution < 1.29 is 9.59 Å². The highest BCUT2D eigenvalue weighted by Crippen LogP contribution is 2.27. The Morgan fingerprint density at radius 2 is 2.00 bits per heavy atom. The van der Waals surface area contributed by atoms with Gasteiger partial charge in [-0.25, -0.2) is 4.79 Å². The molecule has 1 aromatic carbocycles. The monoisotopic (exact) mass is 358 g/mol. The Bertz CT molecular complexity index is 655. The van der Waals surface area contributed by atoms with Gasteiger partial charge >= 0.3 is 6.03 Å². The van der Waals surface area contributed by atoms with Crippen molar-refractivity contribution in [2.45, 2.75) is 51.7 Å². The molecule has 0 radical (unpaired) electrons. The Balaban J connectivity index is 1.82. The van der Waals surface area contributed by atoms with E-state index in [1.165, 1.54) is 0 Å². The van der Waals surface area contributed by atoms with Crippen LogP contribution in [0.4, 0.5) is 10.5 Å². The molecule has 0 bridgehead atoms. The number of nitrogens with one attached hydrogen (secondary N) is 2. The lowest BCUT2D eigenvalue weighted by Crippen LogP contribution is -2.55. The quantitative estimate of drug-likeness (QED) is 0.873. The minimum atomic E-state index is -0.460. The summed E-state index contributed by atoms with van der Waals surface area (Å²) in [6.07, 6.45) is 2.74. The first-order valence-electron chi connectivity index (χ1n) is 9.64. The van der Waals surface area contributed by atoms with Crippen LogP contribution in [0, 0.1) is 5.92 Å². The zero-order valence-corrected chi connectivity index (χ0v) is 16.0. The van der Waals surface area contributed by atoms with Gasteiger partial charge in [-0.15, -0.1) is 0 Å². The highest BCUT2D eigenvalue weighted by Gasteiger charge is 2.37. The summed E-state index contributed by atoms with van der Waals surface area (Å²) in [5, 5.41) is 6.19. The lowest BCUT2D eigenvalue weighted by molar-refractivity contribution is -0.121. The SMILES string of the molecule is CCC(C)C1C(=O)Nc2ccccc2CN1C(=O)NC1CCN(C)CC1. The molecule has 0 aliphatic carbocycles. The van der Waals surface area contributed by atoms with E-state index in [1.807, 2.05) is 31.2 Å². The van der Waals surface area contributed by atoms with E-state index >= 15 is 0 Å². The van der Waals surface area contributed by atoms with E-state index in [0.29, 0.717) is 6.54 Å². The smallest absolute Gasteiger partial charge is 0.318 e. The van der Waals surface area contributed by atoms with Crippen LogP contribution in [0.25, 0.3) is 0 Å². The number of likely N-dealkylation sites (tertiary alicyclic amines) is 1. The first-order valence-corrected chi connectivity index (χ1v) is 9.64. The molecule has 2 N–H and O–H groups in total. The topological polar surface area (TPSA) is 64.7 Å². The van der Waals surface area contributed by atoms with Crippen molar-refractivity contribution in [1.29, 1.82) is 0 Å². The number of hydrogen-bond donors (Lipinski definition) is 2. The average molecular weight is 358 g/mol. The summed E-state index contributed by atoms with van der Waals surface area (Å²) in [5.41, 5.74) is 1.78.